The molecule has 0 amide bonds. The molecule has 25 heavy (non-hydrogen) atoms. The van der Waals surface area contributed by atoms with E-state index in [1.165, 1.54) is 5.69 Å². The molecule has 0 atom stereocenters. The topological polar surface area (TPSA) is 108 Å². The summed E-state index contributed by atoms with van der Waals surface area (Å²) in [6.45, 7) is 8.61. The molecule has 0 spiro atoms. The Kier molecular flexibility index (Phi) is 4.72. The van der Waals surface area contributed by atoms with Crippen LogP contribution in [-0.4, -0.2) is 47.1 Å². The van der Waals surface area contributed by atoms with Crippen LogP contribution in [0.15, 0.2) is 24.3 Å². The molecule has 0 radical (unpaired) electrons. The van der Waals surface area contributed by atoms with E-state index < -0.39 is 0 Å². The van der Waals surface area contributed by atoms with Crippen LogP contribution < -0.4 is 16.4 Å². The van der Waals surface area contributed by atoms with Crippen molar-refractivity contribution in [3.63, 3.8) is 0 Å². The highest BCUT2D eigenvalue weighted by Gasteiger charge is 2.19. The van der Waals surface area contributed by atoms with Gasteiger partial charge in [0.15, 0.2) is 0 Å². The van der Waals surface area contributed by atoms with Gasteiger partial charge in [0.2, 0.25) is 5.95 Å². The largest absolute Gasteiger partial charge is 0.382 e. The molecule has 2 heterocycles. The Hall–Kier alpha value is -2.85. The SMILES string of the molecule is CC(C)N1CCN(c2ccc(-c3nc(N)nc(N)c3C#N)cc2)CC1. The molecule has 7 nitrogen and oxygen atoms in total. The van der Waals surface area contributed by atoms with Gasteiger partial charge >= 0.3 is 0 Å². The fourth-order valence-corrected chi connectivity index (χ4v) is 3.14. The monoisotopic (exact) mass is 337 g/mol. The van der Waals surface area contributed by atoms with Crippen molar-refractivity contribution in [3.8, 4) is 17.3 Å². The average molecular weight is 337 g/mol. The molecule has 1 aliphatic heterocycles. The molecule has 2 aromatic rings. The van der Waals surface area contributed by atoms with Crippen LogP contribution >= 0.6 is 0 Å². The zero-order valence-corrected chi connectivity index (χ0v) is 14.6. The number of rotatable bonds is 3. The molecule has 0 bridgehead atoms. The molecule has 130 valence electrons. The third kappa shape index (κ3) is 3.49. The highest BCUT2D eigenvalue weighted by molar-refractivity contribution is 5.74. The summed E-state index contributed by atoms with van der Waals surface area (Å²) in [6, 6.07) is 10.7. The lowest BCUT2D eigenvalue weighted by atomic mass is 10.1. The van der Waals surface area contributed by atoms with E-state index in [9.17, 15) is 5.26 Å². The number of benzene rings is 1. The molecule has 0 unspecified atom stereocenters. The first-order valence-electron chi connectivity index (χ1n) is 8.42. The lowest BCUT2D eigenvalue weighted by Gasteiger charge is -2.38. The second-order valence-electron chi connectivity index (χ2n) is 6.47. The maximum absolute atomic E-state index is 9.32. The van der Waals surface area contributed by atoms with E-state index in [0.717, 1.165) is 31.7 Å². The van der Waals surface area contributed by atoms with Crippen LogP contribution in [0, 0.1) is 11.3 Å². The molecule has 1 fully saturated rings. The predicted octanol–water partition coefficient (Wildman–Crippen LogP) is 1.71. The third-order valence-corrected chi connectivity index (χ3v) is 4.62. The van der Waals surface area contributed by atoms with E-state index in [0.29, 0.717) is 11.7 Å². The van der Waals surface area contributed by atoms with Gasteiger partial charge in [0.1, 0.15) is 17.5 Å². The van der Waals surface area contributed by atoms with Crippen LogP contribution in [0.25, 0.3) is 11.3 Å². The minimum Gasteiger partial charge on any atom is -0.382 e. The number of nitrogens with two attached hydrogens (primary N) is 2. The minimum absolute atomic E-state index is 0.0698. The number of hydrogen-bond acceptors (Lipinski definition) is 7. The van der Waals surface area contributed by atoms with Crippen LogP contribution in [0.4, 0.5) is 17.5 Å². The Morgan fingerprint density at radius 2 is 1.68 bits per heavy atom. The first kappa shape index (κ1) is 17.0. The molecule has 1 aromatic heterocycles. The van der Waals surface area contributed by atoms with Gasteiger partial charge in [-0.15, -0.1) is 0 Å². The van der Waals surface area contributed by atoms with Crippen LogP contribution in [0.3, 0.4) is 0 Å². The summed E-state index contributed by atoms with van der Waals surface area (Å²) in [5.74, 6) is 0.180. The zero-order chi connectivity index (χ0) is 18.0. The van der Waals surface area contributed by atoms with Gasteiger partial charge in [-0.25, -0.2) is 4.98 Å². The summed E-state index contributed by atoms with van der Waals surface area (Å²) >= 11 is 0. The summed E-state index contributed by atoms with van der Waals surface area (Å²) in [6.07, 6.45) is 0. The molecular weight excluding hydrogens is 314 g/mol. The molecule has 7 heteroatoms. The predicted molar refractivity (Wildman–Crippen MR) is 99.9 cm³/mol. The van der Waals surface area contributed by atoms with Crippen molar-refractivity contribution in [1.82, 2.24) is 14.9 Å². The second-order valence-corrected chi connectivity index (χ2v) is 6.47. The first-order valence-corrected chi connectivity index (χ1v) is 8.42. The standard InChI is InChI=1S/C18H23N7/c1-12(2)24-7-9-25(10-8-24)14-5-3-13(4-6-14)16-15(11-19)17(20)23-18(21)22-16/h3-6,12H,7-10H2,1-2H3,(H4,20,21,22,23). The molecule has 1 saturated heterocycles. The van der Waals surface area contributed by atoms with Gasteiger partial charge < -0.3 is 16.4 Å². The summed E-state index contributed by atoms with van der Waals surface area (Å²) in [5, 5.41) is 9.32. The van der Waals surface area contributed by atoms with Crippen molar-refractivity contribution in [2.75, 3.05) is 42.5 Å². The quantitative estimate of drug-likeness (QED) is 0.877. The van der Waals surface area contributed by atoms with E-state index in [1.54, 1.807) is 0 Å². The van der Waals surface area contributed by atoms with E-state index >= 15 is 0 Å². The van der Waals surface area contributed by atoms with Gasteiger partial charge in [-0.1, -0.05) is 12.1 Å². The van der Waals surface area contributed by atoms with Crippen LogP contribution in [0.1, 0.15) is 19.4 Å². The lowest BCUT2D eigenvalue weighted by molar-refractivity contribution is 0.209. The van der Waals surface area contributed by atoms with E-state index in [4.69, 9.17) is 11.5 Å². The maximum atomic E-state index is 9.32. The number of nitrogens with zero attached hydrogens (tertiary/aromatic N) is 5. The number of nitriles is 1. The Bertz CT molecular complexity index is 784. The van der Waals surface area contributed by atoms with E-state index in [-0.39, 0.29) is 17.3 Å². The van der Waals surface area contributed by atoms with E-state index in [2.05, 4.69) is 51.8 Å². The maximum Gasteiger partial charge on any atom is 0.222 e. The molecule has 1 aliphatic rings. The Balaban J connectivity index is 1.81. The van der Waals surface area contributed by atoms with Gasteiger partial charge in [-0.3, -0.25) is 4.90 Å². The van der Waals surface area contributed by atoms with Gasteiger partial charge in [-0.2, -0.15) is 10.2 Å². The average Bonchev–Trinajstić information content (AvgIpc) is 2.61. The highest BCUT2D eigenvalue weighted by atomic mass is 15.3. The van der Waals surface area contributed by atoms with Gasteiger partial charge in [0, 0.05) is 43.5 Å². The number of piperazine rings is 1. The molecule has 0 saturated carbocycles. The van der Waals surface area contributed by atoms with Gasteiger partial charge in [0.25, 0.3) is 0 Å². The number of nitrogen functional groups attached to an aromatic ring is 2. The molecule has 4 N–H and O–H groups in total. The third-order valence-electron chi connectivity index (χ3n) is 4.62. The summed E-state index contributed by atoms with van der Waals surface area (Å²) in [4.78, 5) is 12.9. The van der Waals surface area contributed by atoms with Crippen molar-refractivity contribution >= 4 is 17.5 Å². The van der Waals surface area contributed by atoms with E-state index in [1.807, 2.05) is 12.1 Å². The molecule has 3 rings (SSSR count). The van der Waals surface area contributed by atoms with Crippen LogP contribution in [0.2, 0.25) is 0 Å². The smallest absolute Gasteiger partial charge is 0.222 e. The van der Waals surface area contributed by atoms with Crippen molar-refractivity contribution in [2.45, 2.75) is 19.9 Å². The molecular formula is C18H23N7. The summed E-state index contributed by atoms with van der Waals surface area (Å²) in [5.41, 5.74) is 14.2. The van der Waals surface area contributed by atoms with Crippen molar-refractivity contribution in [2.24, 2.45) is 0 Å². The number of hydrogen-bond donors (Lipinski definition) is 2. The first-order chi connectivity index (χ1) is 12.0. The Morgan fingerprint density at radius 3 is 2.24 bits per heavy atom. The highest BCUT2D eigenvalue weighted by Crippen LogP contribution is 2.27. The number of anilines is 3. The fraction of sp³-hybridized carbons (Fsp3) is 0.389. The Morgan fingerprint density at radius 1 is 1.04 bits per heavy atom. The molecule has 1 aromatic carbocycles. The van der Waals surface area contributed by atoms with Crippen molar-refractivity contribution in [1.29, 1.82) is 5.26 Å². The Labute approximate surface area is 147 Å². The minimum atomic E-state index is 0.0698. The normalized spacial score (nSPS) is 15.4. The fourth-order valence-electron chi connectivity index (χ4n) is 3.14. The zero-order valence-electron chi connectivity index (χ0n) is 14.6. The van der Waals surface area contributed by atoms with Gasteiger partial charge in [0.05, 0.1) is 5.69 Å². The van der Waals surface area contributed by atoms with Gasteiger partial charge in [-0.05, 0) is 26.0 Å². The summed E-state index contributed by atoms with van der Waals surface area (Å²) < 4.78 is 0. The molecule has 0 aliphatic carbocycles. The lowest BCUT2D eigenvalue weighted by Crippen LogP contribution is -2.48. The van der Waals surface area contributed by atoms with Crippen LogP contribution in [-0.2, 0) is 0 Å². The number of aromatic nitrogens is 2. The van der Waals surface area contributed by atoms with Crippen LogP contribution in [0.5, 0.6) is 0 Å². The second kappa shape index (κ2) is 6.95. The summed E-state index contributed by atoms with van der Waals surface area (Å²) in [7, 11) is 0. The van der Waals surface area contributed by atoms with Crippen molar-refractivity contribution in [3.05, 3.63) is 29.8 Å². The van der Waals surface area contributed by atoms with Crippen molar-refractivity contribution < 1.29 is 0 Å².